The van der Waals surface area contributed by atoms with Crippen LogP contribution in [0.3, 0.4) is 0 Å². The van der Waals surface area contributed by atoms with E-state index in [0.717, 1.165) is 23.3 Å². The lowest BCUT2D eigenvalue weighted by molar-refractivity contribution is -0.137. The van der Waals surface area contributed by atoms with E-state index in [1.165, 1.54) is 12.1 Å². The highest BCUT2D eigenvalue weighted by molar-refractivity contribution is 5.95. The second-order valence-electron chi connectivity index (χ2n) is 6.08. The largest absolute Gasteiger partial charge is 0.416 e. The summed E-state index contributed by atoms with van der Waals surface area (Å²) in [5.74, 6) is -1.16. The van der Waals surface area contributed by atoms with Crippen molar-refractivity contribution in [2.24, 2.45) is 0 Å². The molecule has 0 aliphatic heterocycles. The molecule has 1 unspecified atom stereocenters. The van der Waals surface area contributed by atoms with Crippen molar-refractivity contribution in [3.63, 3.8) is 0 Å². The topological polar surface area (TPSA) is 83.6 Å². The van der Waals surface area contributed by atoms with Gasteiger partial charge in [-0.2, -0.15) is 18.4 Å². The van der Waals surface area contributed by atoms with Gasteiger partial charge in [0.1, 0.15) is 5.92 Å². The van der Waals surface area contributed by atoms with Crippen LogP contribution in [0.1, 0.15) is 28.4 Å². The third kappa shape index (κ3) is 4.69. The Morgan fingerprint density at radius 3 is 2.56 bits per heavy atom. The van der Waals surface area contributed by atoms with Crippen LogP contribution in [0.4, 0.5) is 18.9 Å². The van der Waals surface area contributed by atoms with E-state index in [4.69, 9.17) is 0 Å². The summed E-state index contributed by atoms with van der Waals surface area (Å²) in [6.07, 6.45) is -4.21. The quantitative estimate of drug-likeness (QED) is 0.715. The summed E-state index contributed by atoms with van der Waals surface area (Å²) >= 11 is 0. The molecule has 1 atom stereocenters. The molecule has 3 rings (SSSR count). The molecule has 0 fully saturated rings. The molecule has 6 nitrogen and oxygen atoms in total. The summed E-state index contributed by atoms with van der Waals surface area (Å²) in [6, 6.07) is 12.0. The van der Waals surface area contributed by atoms with Crippen molar-refractivity contribution in [3.8, 4) is 0 Å². The normalized spacial score (nSPS) is 12.6. The molecule has 2 aromatic carbocycles. The molecule has 0 radical (unpaired) electrons. The lowest BCUT2D eigenvalue weighted by Gasteiger charge is -2.15. The van der Waals surface area contributed by atoms with Crippen LogP contribution in [-0.4, -0.2) is 26.5 Å². The van der Waals surface area contributed by atoms with E-state index in [1.54, 1.807) is 0 Å². The molecule has 0 spiro atoms. The van der Waals surface area contributed by atoms with Crippen molar-refractivity contribution < 1.29 is 18.0 Å². The van der Waals surface area contributed by atoms with Crippen molar-refractivity contribution in [1.29, 1.82) is 0 Å². The van der Waals surface area contributed by atoms with Crippen molar-refractivity contribution in [3.05, 3.63) is 71.0 Å². The number of amides is 1. The highest BCUT2D eigenvalue weighted by atomic mass is 19.4. The fraction of sp³-hybridized carbons (Fsp3) is 0.222. The van der Waals surface area contributed by atoms with Gasteiger partial charge in [-0.25, -0.2) is 0 Å². The standard InChI is InChI=1S/C18H16F3N5O/c1-11-5-7-12(8-6-11)9-15(16-23-25-26-24-16)17(27)22-14-4-2-3-13(10-14)18(19,20)21/h2-8,10,15H,9H2,1H3,(H,22,27)(H,23,24,25,26). The van der Waals surface area contributed by atoms with Crippen molar-refractivity contribution in [2.45, 2.75) is 25.4 Å². The number of H-pyrrole nitrogens is 1. The van der Waals surface area contributed by atoms with Crippen LogP contribution in [0.5, 0.6) is 0 Å². The number of benzene rings is 2. The Kier molecular flexibility index (Phi) is 5.20. The van der Waals surface area contributed by atoms with Gasteiger partial charge < -0.3 is 5.32 Å². The third-order valence-corrected chi connectivity index (χ3v) is 4.01. The molecular weight excluding hydrogens is 359 g/mol. The third-order valence-electron chi connectivity index (χ3n) is 4.01. The van der Waals surface area contributed by atoms with E-state index >= 15 is 0 Å². The highest BCUT2D eigenvalue weighted by Gasteiger charge is 2.31. The number of anilines is 1. The number of tetrazole rings is 1. The Balaban J connectivity index is 1.82. The average Bonchev–Trinajstić information content (AvgIpc) is 3.15. The molecule has 9 heteroatoms. The minimum atomic E-state index is -4.49. The lowest BCUT2D eigenvalue weighted by atomic mass is 9.97. The van der Waals surface area contributed by atoms with Gasteiger partial charge in [0.2, 0.25) is 5.91 Å². The lowest BCUT2D eigenvalue weighted by Crippen LogP contribution is -2.24. The molecule has 3 aromatic rings. The van der Waals surface area contributed by atoms with Crippen LogP contribution in [-0.2, 0) is 17.4 Å². The van der Waals surface area contributed by atoms with Crippen molar-refractivity contribution in [1.82, 2.24) is 20.6 Å². The number of halogens is 3. The smallest absolute Gasteiger partial charge is 0.325 e. The number of carbonyl (C=O) groups excluding carboxylic acids is 1. The van der Waals surface area contributed by atoms with Gasteiger partial charge in [-0.3, -0.25) is 4.79 Å². The fourth-order valence-electron chi connectivity index (χ4n) is 2.58. The average molecular weight is 375 g/mol. The maximum Gasteiger partial charge on any atom is 0.416 e. The number of aromatic nitrogens is 4. The number of carbonyl (C=O) groups is 1. The molecule has 1 heterocycles. The van der Waals surface area contributed by atoms with Crippen LogP contribution in [0, 0.1) is 6.92 Å². The van der Waals surface area contributed by atoms with Crippen molar-refractivity contribution >= 4 is 11.6 Å². The fourth-order valence-corrected chi connectivity index (χ4v) is 2.58. The van der Waals surface area contributed by atoms with E-state index in [-0.39, 0.29) is 17.9 Å². The number of aromatic amines is 1. The van der Waals surface area contributed by atoms with Gasteiger partial charge in [0, 0.05) is 5.69 Å². The summed E-state index contributed by atoms with van der Waals surface area (Å²) in [4.78, 5) is 12.7. The summed E-state index contributed by atoms with van der Waals surface area (Å²) in [5.41, 5.74) is 1.15. The molecule has 1 aromatic heterocycles. The summed E-state index contributed by atoms with van der Waals surface area (Å²) in [6.45, 7) is 1.95. The number of hydrogen-bond acceptors (Lipinski definition) is 4. The first-order valence-electron chi connectivity index (χ1n) is 8.10. The van der Waals surface area contributed by atoms with Gasteiger partial charge in [0.25, 0.3) is 0 Å². The monoisotopic (exact) mass is 375 g/mol. The first kappa shape index (κ1) is 18.6. The van der Waals surface area contributed by atoms with E-state index in [0.29, 0.717) is 0 Å². The number of aryl methyl sites for hydroxylation is 1. The zero-order chi connectivity index (χ0) is 19.4. The van der Waals surface area contributed by atoms with Crippen LogP contribution in [0.25, 0.3) is 0 Å². The first-order valence-corrected chi connectivity index (χ1v) is 8.10. The Morgan fingerprint density at radius 1 is 1.19 bits per heavy atom. The van der Waals surface area contributed by atoms with E-state index in [9.17, 15) is 18.0 Å². The van der Waals surface area contributed by atoms with Gasteiger partial charge in [-0.05, 0) is 37.1 Å². The zero-order valence-corrected chi connectivity index (χ0v) is 14.3. The molecule has 0 aliphatic rings. The Hall–Kier alpha value is -3.23. The van der Waals surface area contributed by atoms with E-state index in [2.05, 4.69) is 25.9 Å². The first-order chi connectivity index (χ1) is 12.8. The van der Waals surface area contributed by atoms with E-state index < -0.39 is 23.6 Å². The summed E-state index contributed by atoms with van der Waals surface area (Å²) in [7, 11) is 0. The SMILES string of the molecule is Cc1ccc(CC(C(=O)Nc2cccc(C(F)(F)F)c2)c2nn[nH]n2)cc1. The van der Waals surface area contributed by atoms with E-state index in [1.807, 2.05) is 31.2 Å². The number of nitrogens with zero attached hydrogens (tertiary/aromatic N) is 3. The molecule has 0 aliphatic carbocycles. The minimum Gasteiger partial charge on any atom is -0.325 e. The second kappa shape index (κ2) is 7.56. The minimum absolute atomic E-state index is 0.0484. The Labute approximate surface area is 152 Å². The summed E-state index contributed by atoms with van der Waals surface area (Å²) < 4.78 is 38.6. The van der Waals surface area contributed by atoms with Crippen molar-refractivity contribution in [2.75, 3.05) is 5.32 Å². The van der Waals surface area contributed by atoms with Gasteiger partial charge in [0.15, 0.2) is 5.82 Å². The van der Waals surface area contributed by atoms with Crippen LogP contribution in [0.15, 0.2) is 48.5 Å². The van der Waals surface area contributed by atoms with Gasteiger partial charge in [0.05, 0.1) is 5.56 Å². The predicted octanol–water partition coefficient (Wildman–Crippen LogP) is 3.49. The molecule has 2 N–H and O–H groups in total. The molecular formula is C18H16F3N5O. The number of nitrogens with one attached hydrogen (secondary N) is 2. The predicted molar refractivity (Wildman–Crippen MR) is 91.9 cm³/mol. The summed E-state index contributed by atoms with van der Waals surface area (Å²) in [5, 5.41) is 16.0. The Morgan fingerprint density at radius 2 is 1.93 bits per heavy atom. The van der Waals surface area contributed by atoms with Crippen LogP contribution in [0.2, 0.25) is 0 Å². The van der Waals surface area contributed by atoms with Crippen LogP contribution >= 0.6 is 0 Å². The molecule has 27 heavy (non-hydrogen) atoms. The maximum absolute atomic E-state index is 12.9. The molecule has 1 amide bonds. The molecule has 0 saturated heterocycles. The number of alkyl halides is 3. The second-order valence-corrected chi connectivity index (χ2v) is 6.08. The molecule has 0 saturated carbocycles. The molecule has 0 bridgehead atoms. The number of rotatable bonds is 5. The van der Waals surface area contributed by atoms with Crippen LogP contribution < -0.4 is 5.32 Å². The number of hydrogen-bond donors (Lipinski definition) is 2. The van der Waals surface area contributed by atoms with Gasteiger partial charge in [-0.1, -0.05) is 41.1 Å². The maximum atomic E-state index is 12.9. The Bertz CT molecular complexity index is 908. The highest BCUT2D eigenvalue weighted by Crippen LogP contribution is 2.31. The zero-order valence-electron chi connectivity index (χ0n) is 14.3. The molecule has 140 valence electrons. The van der Waals surface area contributed by atoms with Gasteiger partial charge in [-0.15, -0.1) is 10.2 Å². The van der Waals surface area contributed by atoms with Gasteiger partial charge >= 0.3 is 6.18 Å².